The second-order valence-electron chi connectivity index (χ2n) is 4.75. The zero-order valence-corrected chi connectivity index (χ0v) is 11.2. The molecule has 2 aromatic rings. The third-order valence-corrected chi connectivity index (χ3v) is 3.03. The van der Waals surface area contributed by atoms with E-state index in [1.165, 1.54) is 17.0 Å². The number of aryl methyl sites for hydroxylation is 1. The van der Waals surface area contributed by atoms with Crippen molar-refractivity contribution < 1.29 is 9.90 Å². The molecule has 0 fully saturated rings. The Kier molecular flexibility index (Phi) is 3.75. The molecule has 1 unspecified atom stereocenters. The minimum absolute atomic E-state index is 0.0947. The number of nitrogens with one attached hydrogen (secondary N) is 1. The van der Waals surface area contributed by atoms with E-state index in [1.54, 1.807) is 6.92 Å². The van der Waals surface area contributed by atoms with Gasteiger partial charge in [0.1, 0.15) is 6.33 Å². The summed E-state index contributed by atoms with van der Waals surface area (Å²) in [5, 5.41) is 16.4. The molecule has 0 aliphatic heterocycles. The summed E-state index contributed by atoms with van der Waals surface area (Å²) in [6, 6.07) is 0. The third-order valence-electron chi connectivity index (χ3n) is 3.03. The summed E-state index contributed by atoms with van der Waals surface area (Å²) < 4.78 is 1.51. The third kappa shape index (κ3) is 2.70. The molecule has 7 heteroatoms. The molecule has 0 bridgehead atoms. The van der Waals surface area contributed by atoms with Gasteiger partial charge < -0.3 is 10.4 Å². The van der Waals surface area contributed by atoms with E-state index < -0.39 is 6.10 Å². The molecule has 7 nitrogen and oxygen atoms in total. The van der Waals surface area contributed by atoms with Gasteiger partial charge in [0, 0.05) is 12.7 Å². The first-order valence-electron chi connectivity index (χ1n) is 6.12. The van der Waals surface area contributed by atoms with Crippen molar-refractivity contribution in [2.45, 2.75) is 26.9 Å². The quantitative estimate of drug-likeness (QED) is 0.821. The van der Waals surface area contributed by atoms with E-state index in [0.717, 1.165) is 0 Å². The molecular formula is C12H17N5O2. The van der Waals surface area contributed by atoms with Crippen molar-refractivity contribution in [1.82, 2.24) is 24.9 Å². The smallest absolute Gasteiger partial charge is 0.254 e. The Bertz CT molecular complexity index is 593. The molecule has 2 aromatic heterocycles. The molecular weight excluding hydrogens is 246 g/mol. The number of aliphatic hydroxyl groups excluding tert-OH is 1. The highest BCUT2D eigenvalue weighted by Gasteiger charge is 2.15. The Morgan fingerprint density at radius 1 is 1.47 bits per heavy atom. The summed E-state index contributed by atoms with van der Waals surface area (Å²) in [6.45, 7) is 5.78. The fourth-order valence-electron chi connectivity index (χ4n) is 1.64. The number of fused-ring (bicyclic) bond motifs is 1. The minimum Gasteiger partial charge on any atom is -0.391 e. The van der Waals surface area contributed by atoms with Crippen LogP contribution in [0.4, 0.5) is 0 Å². The minimum atomic E-state index is -0.563. The van der Waals surface area contributed by atoms with Crippen molar-refractivity contribution in [1.29, 1.82) is 0 Å². The first-order valence-corrected chi connectivity index (χ1v) is 6.12. The van der Waals surface area contributed by atoms with Crippen molar-refractivity contribution in [2.24, 2.45) is 5.92 Å². The highest BCUT2D eigenvalue weighted by Crippen LogP contribution is 2.07. The lowest BCUT2D eigenvalue weighted by molar-refractivity contribution is 0.0870. The van der Waals surface area contributed by atoms with Crippen LogP contribution in [0.15, 0.2) is 12.5 Å². The zero-order valence-electron chi connectivity index (χ0n) is 11.2. The normalized spacial score (nSPS) is 12.9. The molecule has 102 valence electrons. The molecule has 0 saturated heterocycles. The van der Waals surface area contributed by atoms with Gasteiger partial charge in [-0.2, -0.15) is 10.1 Å². The van der Waals surface area contributed by atoms with Gasteiger partial charge in [0.15, 0.2) is 0 Å². The molecule has 2 rings (SSSR count). The van der Waals surface area contributed by atoms with Gasteiger partial charge in [-0.15, -0.1) is 0 Å². The highest BCUT2D eigenvalue weighted by atomic mass is 16.3. The Labute approximate surface area is 110 Å². The Hall–Kier alpha value is -2.02. The average Bonchev–Trinajstić information content (AvgIpc) is 2.85. The Balaban J connectivity index is 2.15. The van der Waals surface area contributed by atoms with E-state index in [9.17, 15) is 9.90 Å². The maximum absolute atomic E-state index is 12.0. The maximum Gasteiger partial charge on any atom is 0.254 e. The first kappa shape index (κ1) is 13.4. The summed E-state index contributed by atoms with van der Waals surface area (Å²) in [6.07, 6.45) is 2.29. The molecule has 1 amide bonds. The van der Waals surface area contributed by atoms with Crippen LogP contribution in [0.3, 0.4) is 0 Å². The Morgan fingerprint density at radius 3 is 2.89 bits per heavy atom. The van der Waals surface area contributed by atoms with E-state index >= 15 is 0 Å². The molecule has 0 aliphatic carbocycles. The largest absolute Gasteiger partial charge is 0.391 e. The van der Waals surface area contributed by atoms with Gasteiger partial charge in [-0.1, -0.05) is 13.8 Å². The number of aliphatic hydroxyl groups is 1. The van der Waals surface area contributed by atoms with Crippen molar-refractivity contribution in [2.75, 3.05) is 6.54 Å². The second-order valence-corrected chi connectivity index (χ2v) is 4.75. The van der Waals surface area contributed by atoms with E-state index in [0.29, 0.717) is 17.0 Å². The summed E-state index contributed by atoms with van der Waals surface area (Å²) in [4.78, 5) is 20.0. The van der Waals surface area contributed by atoms with E-state index in [2.05, 4.69) is 20.4 Å². The summed E-state index contributed by atoms with van der Waals surface area (Å²) in [5.74, 6) is 0.274. The van der Waals surface area contributed by atoms with Crippen LogP contribution < -0.4 is 5.32 Å². The van der Waals surface area contributed by atoms with Crippen LogP contribution in [-0.2, 0) is 0 Å². The lowest BCUT2D eigenvalue weighted by Crippen LogP contribution is -2.35. The SMILES string of the molecule is Cc1c(C(=O)NCC(O)C(C)C)cnc2ncnn12. The van der Waals surface area contributed by atoms with Gasteiger partial charge in [0.2, 0.25) is 0 Å². The lowest BCUT2D eigenvalue weighted by Gasteiger charge is -2.15. The van der Waals surface area contributed by atoms with Crippen molar-refractivity contribution in [3.8, 4) is 0 Å². The van der Waals surface area contributed by atoms with Crippen LogP contribution in [0.25, 0.3) is 5.78 Å². The standard InChI is InChI=1S/C12H17N5O2/c1-7(2)10(18)5-13-11(19)9-4-14-12-15-6-16-17(12)8(9)3/h4,6-7,10,18H,5H2,1-3H3,(H,13,19). The van der Waals surface area contributed by atoms with E-state index in [4.69, 9.17) is 0 Å². The number of carbonyl (C=O) groups excluding carboxylic acids is 1. The van der Waals surface area contributed by atoms with Crippen LogP contribution in [-0.4, -0.2) is 43.2 Å². The fourth-order valence-corrected chi connectivity index (χ4v) is 1.64. The number of carbonyl (C=O) groups is 1. The van der Waals surface area contributed by atoms with Gasteiger partial charge in [0.25, 0.3) is 11.7 Å². The molecule has 0 aromatic carbocycles. The number of hydrogen-bond donors (Lipinski definition) is 2. The molecule has 0 aliphatic rings. The summed E-state index contributed by atoms with van der Waals surface area (Å²) in [7, 11) is 0. The molecule has 0 radical (unpaired) electrons. The van der Waals surface area contributed by atoms with E-state index in [-0.39, 0.29) is 18.4 Å². The predicted molar refractivity (Wildman–Crippen MR) is 68.7 cm³/mol. The topological polar surface area (TPSA) is 92.4 Å². The van der Waals surface area contributed by atoms with Gasteiger partial charge in [-0.3, -0.25) is 4.79 Å². The summed E-state index contributed by atoms with van der Waals surface area (Å²) >= 11 is 0. The predicted octanol–water partition coefficient (Wildman–Crippen LogP) is 0.179. The number of nitrogens with zero attached hydrogens (tertiary/aromatic N) is 4. The van der Waals surface area contributed by atoms with Crippen molar-refractivity contribution in [3.05, 3.63) is 23.8 Å². The van der Waals surface area contributed by atoms with E-state index in [1.807, 2.05) is 13.8 Å². The number of aromatic nitrogens is 4. The molecule has 2 N–H and O–H groups in total. The van der Waals surface area contributed by atoms with Crippen LogP contribution >= 0.6 is 0 Å². The van der Waals surface area contributed by atoms with Crippen LogP contribution in [0.2, 0.25) is 0 Å². The Morgan fingerprint density at radius 2 is 2.21 bits per heavy atom. The molecule has 2 heterocycles. The van der Waals surface area contributed by atoms with Crippen molar-refractivity contribution >= 4 is 11.7 Å². The van der Waals surface area contributed by atoms with Gasteiger partial charge in [-0.05, 0) is 12.8 Å². The second kappa shape index (κ2) is 5.31. The zero-order chi connectivity index (χ0) is 14.0. The average molecular weight is 263 g/mol. The van der Waals surface area contributed by atoms with Crippen LogP contribution in [0.1, 0.15) is 29.9 Å². The first-order chi connectivity index (χ1) is 9.00. The maximum atomic E-state index is 12.0. The highest BCUT2D eigenvalue weighted by molar-refractivity contribution is 5.95. The van der Waals surface area contributed by atoms with Crippen LogP contribution in [0.5, 0.6) is 0 Å². The van der Waals surface area contributed by atoms with Crippen LogP contribution in [0, 0.1) is 12.8 Å². The monoisotopic (exact) mass is 263 g/mol. The molecule has 0 spiro atoms. The number of rotatable bonds is 4. The lowest BCUT2D eigenvalue weighted by atomic mass is 10.1. The van der Waals surface area contributed by atoms with Gasteiger partial charge in [-0.25, -0.2) is 9.50 Å². The molecule has 0 saturated carbocycles. The number of hydrogen-bond acceptors (Lipinski definition) is 5. The fraction of sp³-hybridized carbons (Fsp3) is 0.500. The van der Waals surface area contributed by atoms with Gasteiger partial charge in [0.05, 0.1) is 17.4 Å². The summed E-state index contributed by atoms with van der Waals surface area (Å²) in [5.41, 5.74) is 1.09. The van der Waals surface area contributed by atoms with Gasteiger partial charge >= 0.3 is 0 Å². The molecule has 19 heavy (non-hydrogen) atoms. The number of amides is 1. The van der Waals surface area contributed by atoms with Crippen molar-refractivity contribution in [3.63, 3.8) is 0 Å². The molecule has 1 atom stereocenters.